The van der Waals surface area contributed by atoms with Crippen LogP contribution in [-0.4, -0.2) is 11.1 Å². The van der Waals surface area contributed by atoms with Gasteiger partial charge in [0, 0.05) is 17.3 Å². The zero-order chi connectivity index (χ0) is 24.2. The van der Waals surface area contributed by atoms with Crippen molar-refractivity contribution in [2.75, 3.05) is 0 Å². The highest BCUT2D eigenvalue weighted by Crippen LogP contribution is 2.64. The second-order valence-electron chi connectivity index (χ2n) is 10.1. The van der Waals surface area contributed by atoms with Crippen LogP contribution in [-0.2, 0) is 15.6 Å². The first kappa shape index (κ1) is 21.9. The molecule has 1 unspecified atom stereocenters. The number of aliphatic carboxylic acids is 1. The quantitative estimate of drug-likeness (QED) is 0.320. The van der Waals surface area contributed by atoms with Crippen LogP contribution >= 0.6 is 0 Å². The Labute approximate surface area is 207 Å². The molecule has 2 aliphatic rings. The highest BCUT2D eigenvalue weighted by Gasteiger charge is 2.57. The first-order valence-corrected chi connectivity index (χ1v) is 12.7. The smallest absolute Gasteiger partial charge is 0.303 e. The summed E-state index contributed by atoms with van der Waals surface area (Å²) in [4.78, 5) is 12.0. The van der Waals surface area contributed by atoms with E-state index in [4.69, 9.17) is 0 Å². The van der Waals surface area contributed by atoms with Crippen molar-refractivity contribution in [1.82, 2.24) is 0 Å². The van der Waals surface area contributed by atoms with E-state index in [2.05, 4.69) is 111 Å². The number of carbonyl (C=O) groups is 1. The highest BCUT2D eigenvalue weighted by molar-refractivity contribution is 5.85. The van der Waals surface area contributed by atoms with Crippen LogP contribution in [0.15, 0.2) is 97.1 Å². The van der Waals surface area contributed by atoms with E-state index >= 15 is 0 Å². The van der Waals surface area contributed by atoms with Crippen LogP contribution in [0, 0.1) is 5.92 Å². The van der Waals surface area contributed by atoms with Gasteiger partial charge in [0.25, 0.3) is 0 Å². The van der Waals surface area contributed by atoms with Crippen molar-refractivity contribution >= 4 is 5.97 Å². The third-order valence-corrected chi connectivity index (χ3v) is 8.98. The van der Waals surface area contributed by atoms with Gasteiger partial charge in [-0.25, -0.2) is 0 Å². The maximum atomic E-state index is 12.0. The molecule has 0 aliphatic heterocycles. The molecular formula is C33H30O2. The van der Waals surface area contributed by atoms with Gasteiger partial charge in [0.2, 0.25) is 0 Å². The molecule has 0 spiro atoms. The lowest BCUT2D eigenvalue weighted by Gasteiger charge is -2.49. The largest absolute Gasteiger partial charge is 0.481 e. The molecule has 0 amide bonds. The number of hydrogen-bond acceptors (Lipinski definition) is 1. The molecule has 174 valence electrons. The molecule has 4 aromatic rings. The normalized spacial score (nSPS) is 16.6. The zero-order valence-electron chi connectivity index (χ0n) is 20.3. The Morgan fingerprint density at radius 3 is 1.34 bits per heavy atom. The van der Waals surface area contributed by atoms with Gasteiger partial charge in [-0.2, -0.15) is 0 Å². The van der Waals surface area contributed by atoms with Gasteiger partial charge in [0.1, 0.15) is 0 Å². The van der Waals surface area contributed by atoms with E-state index in [9.17, 15) is 9.90 Å². The zero-order valence-corrected chi connectivity index (χ0v) is 20.3. The summed E-state index contributed by atoms with van der Waals surface area (Å²) in [6.45, 7) is 4.68. The minimum atomic E-state index is -0.740. The summed E-state index contributed by atoms with van der Waals surface area (Å²) in [6, 6.07) is 35.0. The van der Waals surface area contributed by atoms with Gasteiger partial charge < -0.3 is 5.11 Å². The molecule has 0 aromatic heterocycles. The standard InChI is InChI=1S/C33H30O2/c1-3-32(27-16-8-4-12-23(27)24-13-5-9-17-28(24)32)22(2)33(21-20-31(34)35)29-18-10-6-14-25(29)26-15-7-11-19-30(26)33/h4-19,22H,3,20-21H2,1-2H3,(H,34,35). The Bertz CT molecular complexity index is 1360. The number of carboxylic acids is 1. The van der Waals surface area contributed by atoms with E-state index in [0.29, 0.717) is 6.42 Å². The number of fused-ring (bicyclic) bond motifs is 6. The average Bonchev–Trinajstić information content (AvgIpc) is 3.36. The van der Waals surface area contributed by atoms with Crippen LogP contribution < -0.4 is 0 Å². The van der Waals surface area contributed by atoms with Crippen molar-refractivity contribution in [3.8, 4) is 22.3 Å². The fraction of sp³-hybridized carbons (Fsp3) is 0.242. The maximum absolute atomic E-state index is 12.0. The predicted molar refractivity (Wildman–Crippen MR) is 142 cm³/mol. The molecule has 0 saturated heterocycles. The molecule has 4 aromatic carbocycles. The Kier molecular flexibility index (Phi) is 4.96. The van der Waals surface area contributed by atoms with E-state index in [1.54, 1.807) is 0 Å². The summed E-state index contributed by atoms with van der Waals surface area (Å²) in [5.74, 6) is -0.606. The third kappa shape index (κ3) is 2.80. The van der Waals surface area contributed by atoms with E-state index in [-0.39, 0.29) is 17.8 Å². The number of rotatable bonds is 6. The molecular weight excluding hydrogens is 428 g/mol. The van der Waals surface area contributed by atoms with Gasteiger partial charge in [-0.3, -0.25) is 4.79 Å². The highest BCUT2D eigenvalue weighted by atomic mass is 16.4. The summed E-state index contributed by atoms with van der Waals surface area (Å²) in [5.41, 5.74) is 9.74. The minimum Gasteiger partial charge on any atom is -0.481 e. The summed E-state index contributed by atoms with van der Waals surface area (Å²) in [5, 5.41) is 9.87. The van der Waals surface area contributed by atoms with E-state index in [0.717, 1.165) is 6.42 Å². The Morgan fingerprint density at radius 2 is 1.00 bits per heavy atom. The summed E-state index contributed by atoms with van der Waals surface area (Å²) in [6.07, 6.45) is 1.65. The van der Waals surface area contributed by atoms with Gasteiger partial charge >= 0.3 is 5.97 Å². The van der Waals surface area contributed by atoms with Crippen LogP contribution in [0.4, 0.5) is 0 Å². The lowest BCUT2D eigenvalue weighted by Crippen LogP contribution is -2.46. The number of carboxylic acid groups (broad SMARTS) is 1. The second kappa shape index (κ2) is 7.95. The van der Waals surface area contributed by atoms with Gasteiger partial charge in [0.15, 0.2) is 0 Å². The molecule has 1 N–H and O–H groups in total. The Balaban J connectivity index is 1.69. The summed E-state index contributed by atoms with van der Waals surface area (Å²) < 4.78 is 0. The van der Waals surface area contributed by atoms with Gasteiger partial charge in [0.05, 0.1) is 0 Å². The first-order valence-electron chi connectivity index (χ1n) is 12.7. The van der Waals surface area contributed by atoms with E-state index in [1.165, 1.54) is 44.5 Å². The van der Waals surface area contributed by atoms with Crippen LogP contribution in [0.25, 0.3) is 22.3 Å². The van der Waals surface area contributed by atoms with Gasteiger partial charge in [-0.1, -0.05) is 111 Å². The van der Waals surface area contributed by atoms with Crippen molar-refractivity contribution in [3.05, 3.63) is 119 Å². The monoisotopic (exact) mass is 458 g/mol. The van der Waals surface area contributed by atoms with Crippen molar-refractivity contribution in [2.45, 2.75) is 43.9 Å². The van der Waals surface area contributed by atoms with Gasteiger partial charge in [-0.15, -0.1) is 0 Å². The van der Waals surface area contributed by atoms with Crippen molar-refractivity contribution in [2.24, 2.45) is 5.92 Å². The SMILES string of the molecule is CCC1(C(C)C2(CCC(=O)O)c3ccccc3-c3ccccc32)c2ccccc2-c2ccccc21. The third-order valence-electron chi connectivity index (χ3n) is 8.98. The molecule has 0 bridgehead atoms. The van der Waals surface area contributed by atoms with E-state index < -0.39 is 11.4 Å². The number of benzene rings is 4. The first-order chi connectivity index (χ1) is 17.1. The molecule has 2 nitrogen and oxygen atoms in total. The van der Waals surface area contributed by atoms with Crippen LogP contribution in [0.3, 0.4) is 0 Å². The van der Waals surface area contributed by atoms with Crippen molar-refractivity contribution in [1.29, 1.82) is 0 Å². The summed E-state index contributed by atoms with van der Waals surface area (Å²) >= 11 is 0. The van der Waals surface area contributed by atoms with Crippen LogP contribution in [0.5, 0.6) is 0 Å². The molecule has 6 rings (SSSR count). The average molecular weight is 459 g/mol. The molecule has 2 aliphatic carbocycles. The molecule has 0 fully saturated rings. The maximum Gasteiger partial charge on any atom is 0.303 e. The van der Waals surface area contributed by atoms with Crippen LogP contribution in [0.2, 0.25) is 0 Å². The number of hydrogen-bond donors (Lipinski definition) is 1. The fourth-order valence-corrected chi connectivity index (χ4v) is 7.55. The predicted octanol–water partition coefficient (Wildman–Crippen LogP) is 7.83. The molecule has 1 atom stereocenters. The lowest BCUT2D eigenvalue weighted by atomic mass is 9.53. The summed E-state index contributed by atoms with van der Waals surface area (Å²) in [7, 11) is 0. The molecule has 2 heteroatoms. The Hall–Kier alpha value is -3.65. The van der Waals surface area contributed by atoms with E-state index in [1.807, 2.05) is 0 Å². The molecule has 0 heterocycles. The van der Waals surface area contributed by atoms with Gasteiger partial charge in [-0.05, 0) is 63.3 Å². The topological polar surface area (TPSA) is 37.3 Å². The van der Waals surface area contributed by atoms with Crippen LogP contribution in [0.1, 0.15) is 55.4 Å². The minimum absolute atomic E-state index is 0.133. The lowest BCUT2D eigenvalue weighted by molar-refractivity contribution is -0.137. The van der Waals surface area contributed by atoms with Crippen molar-refractivity contribution in [3.63, 3.8) is 0 Å². The second-order valence-corrected chi connectivity index (χ2v) is 10.1. The van der Waals surface area contributed by atoms with Crippen molar-refractivity contribution < 1.29 is 9.90 Å². The molecule has 35 heavy (non-hydrogen) atoms. The molecule has 0 saturated carbocycles. The fourth-order valence-electron chi connectivity index (χ4n) is 7.55. The molecule has 0 radical (unpaired) electrons. The Morgan fingerprint density at radius 1 is 0.657 bits per heavy atom.